The van der Waals surface area contributed by atoms with Crippen LogP contribution in [0.25, 0.3) is 0 Å². The van der Waals surface area contributed by atoms with Gasteiger partial charge in [-0.05, 0) is 62.4 Å². The van der Waals surface area contributed by atoms with Crippen LogP contribution in [-0.4, -0.2) is 37.1 Å². The highest BCUT2D eigenvalue weighted by Crippen LogP contribution is 2.37. The largest absolute Gasteiger partial charge is 0.457 e. The van der Waals surface area contributed by atoms with E-state index in [1.807, 2.05) is 60.4 Å². The van der Waals surface area contributed by atoms with E-state index in [4.69, 9.17) is 4.74 Å². The second-order valence-corrected chi connectivity index (χ2v) is 7.79. The number of amides is 2. The predicted molar refractivity (Wildman–Crippen MR) is 107 cm³/mol. The Kier molecular flexibility index (Phi) is 5.03. The van der Waals surface area contributed by atoms with Crippen LogP contribution < -0.4 is 15.4 Å². The van der Waals surface area contributed by atoms with Crippen LogP contribution in [0.4, 0.5) is 10.5 Å². The van der Waals surface area contributed by atoms with Crippen molar-refractivity contribution >= 4 is 11.7 Å². The molecule has 2 aliphatic heterocycles. The van der Waals surface area contributed by atoms with Crippen molar-refractivity contribution in [1.29, 1.82) is 0 Å². The average Bonchev–Trinajstić information content (AvgIpc) is 3.12. The average molecular weight is 365 g/mol. The SMILES string of the molecule is Cc1ccc(Oc2cccc(NC(=O)N3CCC4(CCNC4)CC3)c2)cc1. The van der Waals surface area contributed by atoms with E-state index in [9.17, 15) is 4.79 Å². The van der Waals surface area contributed by atoms with Crippen LogP contribution in [0.2, 0.25) is 0 Å². The zero-order valence-electron chi connectivity index (χ0n) is 15.8. The van der Waals surface area contributed by atoms with E-state index in [1.54, 1.807) is 0 Å². The van der Waals surface area contributed by atoms with Crippen LogP contribution in [0, 0.1) is 12.3 Å². The molecule has 2 aliphatic rings. The Morgan fingerprint density at radius 2 is 1.85 bits per heavy atom. The molecule has 2 aromatic rings. The molecule has 0 bridgehead atoms. The maximum Gasteiger partial charge on any atom is 0.321 e. The molecule has 0 aliphatic carbocycles. The van der Waals surface area contributed by atoms with Crippen molar-refractivity contribution in [3.63, 3.8) is 0 Å². The summed E-state index contributed by atoms with van der Waals surface area (Å²) in [6.07, 6.45) is 3.41. The van der Waals surface area contributed by atoms with Crippen LogP contribution in [-0.2, 0) is 0 Å². The molecule has 0 atom stereocenters. The van der Waals surface area contributed by atoms with Crippen LogP contribution in [0.15, 0.2) is 48.5 Å². The second kappa shape index (κ2) is 7.61. The lowest BCUT2D eigenvalue weighted by molar-refractivity contribution is 0.137. The van der Waals surface area contributed by atoms with E-state index in [1.165, 1.54) is 12.0 Å². The number of ether oxygens (including phenoxy) is 1. The number of nitrogens with one attached hydrogen (secondary N) is 2. The summed E-state index contributed by atoms with van der Waals surface area (Å²) >= 11 is 0. The maximum atomic E-state index is 12.6. The van der Waals surface area contributed by atoms with Crippen molar-refractivity contribution in [3.05, 3.63) is 54.1 Å². The number of piperidine rings is 1. The van der Waals surface area contributed by atoms with Gasteiger partial charge < -0.3 is 20.3 Å². The van der Waals surface area contributed by atoms with Gasteiger partial charge in [0.15, 0.2) is 0 Å². The van der Waals surface area contributed by atoms with E-state index in [-0.39, 0.29) is 6.03 Å². The predicted octanol–water partition coefficient (Wildman–Crippen LogP) is 4.39. The number of likely N-dealkylation sites (tertiary alicyclic amines) is 1. The number of hydrogen-bond acceptors (Lipinski definition) is 3. The minimum atomic E-state index is -0.0247. The van der Waals surface area contributed by atoms with Crippen molar-refractivity contribution < 1.29 is 9.53 Å². The van der Waals surface area contributed by atoms with Gasteiger partial charge in [-0.2, -0.15) is 0 Å². The van der Waals surface area contributed by atoms with E-state index >= 15 is 0 Å². The molecule has 5 heteroatoms. The van der Waals surface area contributed by atoms with E-state index in [2.05, 4.69) is 10.6 Å². The number of hydrogen-bond donors (Lipinski definition) is 2. The summed E-state index contributed by atoms with van der Waals surface area (Å²) in [5, 5.41) is 6.48. The zero-order chi connectivity index (χ0) is 18.7. The second-order valence-electron chi connectivity index (χ2n) is 7.79. The normalized spacial score (nSPS) is 18.5. The standard InChI is InChI=1S/C22H27N3O2/c1-17-5-7-19(8-6-17)27-20-4-2-3-18(15-20)24-21(26)25-13-10-22(11-14-25)9-12-23-16-22/h2-8,15,23H,9-14,16H2,1H3,(H,24,26). The highest BCUT2D eigenvalue weighted by Gasteiger charge is 2.38. The minimum absolute atomic E-state index is 0.0247. The number of carbonyl (C=O) groups excluding carboxylic acids is 1. The molecule has 0 unspecified atom stereocenters. The van der Waals surface area contributed by atoms with Gasteiger partial charge >= 0.3 is 6.03 Å². The van der Waals surface area contributed by atoms with Gasteiger partial charge in [-0.15, -0.1) is 0 Å². The Bertz CT molecular complexity index is 787. The molecule has 2 amide bonds. The van der Waals surface area contributed by atoms with E-state index in [0.717, 1.165) is 50.5 Å². The number of benzene rings is 2. The number of rotatable bonds is 3. The smallest absolute Gasteiger partial charge is 0.321 e. The Hall–Kier alpha value is -2.53. The lowest BCUT2D eigenvalue weighted by atomic mass is 9.78. The Morgan fingerprint density at radius 1 is 1.07 bits per heavy atom. The first-order valence-corrected chi connectivity index (χ1v) is 9.73. The van der Waals surface area contributed by atoms with Gasteiger partial charge in [-0.25, -0.2) is 4.79 Å². The minimum Gasteiger partial charge on any atom is -0.457 e. The molecule has 2 saturated heterocycles. The lowest BCUT2D eigenvalue weighted by Gasteiger charge is -2.38. The van der Waals surface area contributed by atoms with Crippen molar-refractivity contribution in [2.24, 2.45) is 5.41 Å². The summed E-state index contributed by atoms with van der Waals surface area (Å²) in [5.74, 6) is 1.50. The van der Waals surface area contributed by atoms with Gasteiger partial charge in [0.1, 0.15) is 11.5 Å². The third-order valence-electron chi connectivity index (χ3n) is 5.79. The molecule has 2 fully saturated rings. The fourth-order valence-electron chi connectivity index (χ4n) is 3.99. The van der Waals surface area contributed by atoms with Crippen molar-refractivity contribution in [3.8, 4) is 11.5 Å². The van der Waals surface area contributed by atoms with Gasteiger partial charge in [0.25, 0.3) is 0 Å². The molecule has 5 nitrogen and oxygen atoms in total. The van der Waals surface area contributed by atoms with Crippen molar-refractivity contribution in [2.75, 3.05) is 31.5 Å². The fourth-order valence-corrected chi connectivity index (χ4v) is 3.99. The van der Waals surface area contributed by atoms with Crippen LogP contribution >= 0.6 is 0 Å². The first-order valence-electron chi connectivity index (χ1n) is 9.73. The van der Waals surface area contributed by atoms with E-state index < -0.39 is 0 Å². The number of anilines is 1. The molecule has 0 aromatic heterocycles. The summed E-state index contributed by atoms with van der Waals surface area (Å²) in [4.78, 5) is 14.6. The maximum absolute atomic E-state index is 12.6. The monoisotopic (exact) mass is 365 g/mol. The highest BCUT2D eigenvalue weighted by atomic mass is 16.5. The van der Waals surface area contributed by atoms with Crippen molar-refractivity contribution in [1.82, 2.24) is 10.2 Å². The molecule has 0 radical (unpaired) electrons. The topological polar surface area (TPSA) is 53.6 Å². The van der Waals surface area contributed by atoms with E-state index in [0.29, 0.717) is 11.2 Å². The molecule has 2 heterocycles. The van der Waals surface area contributed by atoms with Crippen molar-refractivity contribution in [2.45, 2.75) is 26.2 Å². The molecule has 1 spiro atoms. The molecular formula is C22H27N3O2. The van der Waals surface area contributed by atoms with Gasteiger partial charge in [0.2, 0.25) is 0 Å². The molecule has 27 heavy (non-hydrogen) atoms. The molecule has 2 aromatic carbocycles. The Balaban J connectivity index is 1.35. The van der Waals surface area contributed by atoms with Gasteiger partial charge in [0, 0.05) is 31.4 Å². The summed E-state index contributed by atoms with van der Waals surface area (Å²) < 4.78 is 5.89. The first kappa shape index (κ1) is 17.9. The lowest BCUT2D eigenvalue weighted by Crippen LogP contribution is -2.45. The quantitative estimate of drug-likeness (QED) is 0.848. The Labute approximate surface area is 160 Å². The molecule has 2 N–H and O–H groups in total. The summed E-state index contributed by atoms with van der Waals surface area (Å²) in [6.45, 7) is 5.91. The Morgan fingerprint density at radius 3 is 2.56 bits per heavy atom. The summed E-state index contributed by atoms with van der Waals surface area (Å²) in [5.41, 5.74) is 2.37. The third-order valence-corrected chi connectivity index (χ3v) is 5.79. The van der Waals surface area contributed by atoms with Gasteiger partial charge in [-0.3, -0.25) is 0 Å². The molecule has 142 valence electrons. The molecule has 0 saturated carbocycles. The molecular weight excluding hydrogens is 338 g/mol. The van der Waals surface area contributed by atoms with Crippen LogP contribution in [0.3, 0.4) is 0 Å². The van der Waals surface area contributed by atoms with Gasteiger partial charge in [-0.1, -0.05) is 23.8 Å². The fraction of sp³-hybridized carbons (Fsp3) is 0.409. The number of urea groups is 1. The number of carbonyl (C=O) groups is 1. The van der Waals surface area contributed by atoms with Crippen LogP contribution in [0.5, 0.6) is 11.5 Å². The first-order chi connectivity index (χ1) is 13.1. The number of nitrogens with zero attached hydrogens (tertiary/aromatic N) is 1. The highest BCUT2D eigenvalue weighted by molar-refractivity contribution is 5.89. The zero-order valence-corrected chi connectivity index (χ0v) is 15.8. The number of aryl methyl sites for hydroxylation is 1. The van der Waals surface area contributed by atoms with Crippen LogP contribution in [0.1, 0.15) is 24.8 Å². The summed E-state index contributed by atoms with van der Waals surface area (Å²) in [7, 11) is 0. The third kappa shape index (κ3) is 4.25. The molecule has 4 rings (SSSR count). The summed E-state index contributed by atoms with van der Waals surface area (Å²) in [6, 6.07) is 15.5. The van der Waals surface area contributed by atoms with Gasteiger partial charge in [0.05, 0.1) is 0 Å².